The van der Waals surface area contributed by atoms with Gasteiger partial charge in [-0.15, -0.1) is 11.8 Å². The molecule has 0 radical (unpaired) electrons. The van der Waals surface area contributed by atoms with Crippen LogP contribution in [0.15, 0.2) is 77.7 Å². The van der Waals surface area contributed by atoms with Crippen LogP contribution in [-0.4, -0.2) is 32.5 Å². The van der Waals surface area contributed by atoms with Crippen molar-refractivity contribution in [2.45, 2.75) is 16.6 Å². The Labute approximate surface area is 186 Å². The lowest BCUT2D eigenvalue weighted by Crippen LogP contribution is -2.35. The van der Waals surface area contributed by atoms with Crippen LogP contribution in [0.5, 0.6) is 11.5 Å². The molecule has 6 heteroatoms. The van der Waals surface area contributed by atoms with Gasteiger partial charge in [-0.1, -0.05) is 48.5 Å². The van der Waals surface area contributed by atoms with Gasteiger partial charge in [0.15, 0.2) is 17.3 Å². The molecule has 3 aromatic carbocycles. The zero-order valence-corrected chi connectivity index (χ0v) is 18.2. The van der Waals surface area contributed by atoms with E-state index in [0.29, 0.717) is 17.1 Å². The molecule has 0 aliphatic carbocycles. The number of hydrogen-bond acceptors (Lipinski definition) is 5. The molecular formula is C25H23NO4S. The van der Waals surface area contributed by atoms with Crippen molar-refractivity contribution in [1.29, 1.82) is 0 Å². The van der Waals surface area contributed by atoms with Crippen molar-refractivity contribution in [2.24, 2.45) is 0 Å². The fraction of sp³-hybridized carbons (Fsp3) is 0.200. The van der Waals surface area contributed by atoms with Gasteiger partial charge in [0.05, 0.1) is 26.5 Å². The fourth-order valence-electron chi connectivity index (χ4n) is 3.65. The Hall–Kier alpha value is -3.25. The number of thioether (sulfide) groups is 1. The fourth-order valence-corrected chi connectivity index (χ4v) is 4.92. The summed E-state index contributed by atoms with van der Waals surface area (Å²) in [6.07, 6.45) is 0.275. The second-order valence-electron chi connectivity index (χ2n) is 7.16. The number of carbonyl (C=O) groups is 2. The van der Waals surface area contributed by atoms with E-state index >= 15 is 0 Å². The maximum absolute atomic E-state index is 13.3. The average molecular weight is 434 g/mol. The molecular weight excluding hydrogens is 410 g/mol. The van der Waals surface area contributed by atoms with Gasteiger partial charge in [-0.05, 0) is 29.8 Å². The Morgan fingerprint density at radius 3 is 2.42 bits per heavy atom. The summed E-state index contributed by atoms with van der Waals surface area (Å²) in [4.78, 5) is 28.7. The molecule has 4 rings (SSSR count). The van der Waals surface area contributed by atoms with Gasteiger partial charge in [0.1, 0.15) is 0 Å². The lowest BCUT2D eigenvalue weighted by molar-refractivity contribution is -0.118. The third-order valence-corrected chi connectivity index (χ3v) is 6.59. The van der Waals surface area contributed by atoms with Gasteiger partial charge in [0.25, 0.3) is 0 Å². The van der Waals surface area contributed by atoms with E-state index in [-0.39, 0.29) is 29.9 Å². The summed E-state index contributed by atoms with van der Waals surface area (Å²) in [5, 5.41) is -0.106. The Morgan fingerprint density at radius 2 is 1.68 bits per heavy atom. The van der Waals surface area contributed by atoms with Crippen molar-refractivity contribution in [3.05, 3.63) is 83.9 Å². The summed E-state index contributed by atoms with van der Waals surface area (Å²) in [6, 6.07) is 22.5. The van der Waals surface area contributed by atoms with Gasteiger partial charge in [-0.2, -0.15) is 0 Å². The molecule has 0 spiro atoms. The molecule has 31 heavy (non-hydrogen) atoms. The lowest BCUT2D eigenvalue weighted by Gasteiger charge is -2.22. The summed E-state index contributed by atoms with van der Waals surface area (Å²) < 4.78 is 10.8. The third kappa shape index (κ3) is 4.44. The van der Waals surface area contributed by atoms with Crippen molar-refractivity contribution >= 4 is 29.1 Å². The maximum atomic E-state index is 13.3. The van der Waals surface area contributed by atoms with Crippen molar-refractivity contribution in [3.63, 3.8) is 0 Å². The van der Waals surface area contributed by atoms with Gasteiger partial charge < -0.3 is 14.4 Å². The van der Waals surface area contributed by atoms with Gasteiger partial charge in [0, 0.05) is 22.1 Å². The summed E-state index contributed by atoms with van der Waals surface area (Å²) in [5.74, 6) is 1.10. The second kappa shape index (κ2) is 9.27. The highest BCUT2D eigenvalue weighted by Crippen LogP contribution is 2.46. The zero-order chi connectivity index (χ0) is 21.8. The molecule has 0 fully saturated rings. The van der Waals surface area contributed by atoms with Crippen LogP contribution in [0.2, 0.25) is 0 Å². The monoisotopic (exact) mass is 433 g/mol. The molecule has 0 saturated heterocycles. The van der Waals surface area contributed by atoms with Crippen LogP contribution in [0.3, 0.4) is 0 Å². The van der Waals surface area contributed by atoms with Crippen LogP contribution >= 0.6 is 11.8 Å². The first-order valence-corrected chi connectivity index (χ1v) is 10.8. The minimum atomic E-state index is -0.106. The average Bonchev–Trinajstić information content (AvgIpc) is 2.95. The number of carbonyl (C=O) groups excluding carboxylic acids is 2. The van der Waals surface area contributed by atoms with Crippen molar-refractivity contribution in [1.82, 2.24) is 0 Å². The Bertz CT molecular complexity index is 1100. The summed E-state index contributed by atoms with van der Waals surface area (Å²) >= 11 is 1.62. The second-order valence-corrected chi connectivity index (χ2v) is 8.41. The van der Waals surface area contributed by atoms with Crippen LogP contribution in [0.4, 0.5) is 5.69 Å². The molecule has 1 atom stereocenters. The first kappa shape index (κ1) is 21.0. The number of amides is 1. The Morgan fingerprint density at radius 1 is 0.968 bits per heavy atom. The van der Waals surface area contributed by atoms with Crippen LogP contribution in [-0.2, 0) is 4.79 Å². The summed E-state index contributed by atoms with van der Waals surface area (Å²) in [6.45, 7) is 0.0130. The van der Waals surface area contributed by atoms with E-state index in [0.717, 1.165) is 16.1 Å². The predicted octanol–water partition coefficient (Wildman–Crippen LogP) is 5.16. The third-order valence-electron chi connectivity index (χ3n) is 5.26. The van der Waals surface area contributed by atoms with E-state index in [9.17, 15) is 9.59 Å². The molecule has 1 amide bonds. The minimum absolute atomic E-state index is 0.0130. The molecule has 1 heterocycles. The zero-order valence-electron chi connectivity index (χ0n) is 17.4. The van der Waals surface area contributed by atoms with E-state index in [1.165, 1.54) is 0 Å². The topological polar surface area (TPSA) is 55.8 Å². The van der Waals surface area contributed by atoms with Crippen LogP contribution in [0.25, 0.3) is 0 Å². The van der Waals surface area contributed by atoms with E-state index < -0.39 is 0 Å². The number of rotatable bonds is 6. The molecule has 1 aliphatic rings. The van der Waals surface area contributed by atoms with Crippen LogP contribution in [0.1, 0.15) is 27.6 Å². The molecule has 0 unspecified atom stereocenters. The molecule has 5 nitrogen and oxygen atoms in total. The molecule has 0 aromatic heterocycles. The smallest absolute Gasteiger partial charge is 0.228 e. The Balaban J connectivity index is 1.66. The van der Waals surface area contributed by atoms with E-state index in [2.05, 4.69) is 0 Å². The number of anilines is 1. The molecule has 158 valence electrons. The number of hydrogen-bond donors (Lipinski definition) is 0. The van der Waals surface area contributed by atoms with Crippen LogP contribution < -0.4 is 14.4 Å². The highest BCUT2D eigenvalue weighted by atomic mass is 32.2. The highest BCUT2D eigenvalue weighted by molar-refractivity contribution is 7.99. The van der Waals surface area contributed by atoms with Gasteiger partial charge in [-0.3, -0.25) is 9.59 Å². The molecule has 0 bridgehead atoms. The van der Waals surface area contributed by atoms with Crippen LogP contribution in [0, 0.1) is 0 Å². The van der Waals surface area contributed by atoms with E-state index in [1.54, 1.807) is 43.0 Å². The number of ketones is 1. The first-order chi connectivity index (χ1) is 15.1. The minimum Gasteiger partial charge on any atom is -0.493 e. The number of Topliss-reactive ketones (excluding diaryl/α,β-unsaturated/α-hetero) is 1. The van der Waals surface area contributed by atoms with Gasteiger partial charge in [-0.25, -0.2) is 0 Å². The van der Waals surface area contributed by atoms with Crippen molar-refractivity contribution in [3.8, 4) is 11.5 Å². The SMILES string of the molecule is COc1ccc([C@H]2CC(=O)N(CC(=O)c3ccccc3)c3ccccc3S2)cc1OC. The quantitative estimate of drug-likeness (QED) is 0.503. The summed E-state index contributed by atoms with van der Waals surface area (Å²) in [7, 11) is 3.19. The standard InChI is InChI=1S/C25H23NO4S/c1-29-21-13-12-18(14-22(21)30-2)24-15-25(28)26(19-10-6-7-11-23(19)31-24)16-20(27)17-8-4-3-5-9-17/h3-14,24H,15-16H2,1-2H3/t24-/m1/s1. The Kier molecular flexibility index (Phi) is 6.28. The number of nitrogens with zero attached hydrogens (tertiary/aromatic N) is 1. The molecule has 0 N–H and O–H groups in total. The molecule has 3 aromatic rings. The lowest BCUT2D eigenvalue weighted by atomic mass is 10.1. The van der Waals surface area contributed by atoms with E-state index in [1.807, 2.05) is 60.7 Å². The summed E-state index contributed by atoms with van der Waals surface area (Å²) in [5.41, 5.74) is 2.34. The number of methoxy groups -OCH3 is 2. The van der Waals surface area contributed by atoms with Crippen molar-refractivity contribution < 1.29 is 19.1 Å². The maximum Gasteiger partial charge on any atom is 0.228 e. The normalized spacial score (nSPS) is 15.7. The largest absolute Gasteiger partial charge is 0.493 e. The molecule has 1 aliphatic heterocycles. The number of ether oxygens (including phenoxy) is 2. The number of benzene rings is 3. The van der Waals surface area contributed by atoms with Gasteiger partial charge >= 0.3 is 0 Å². The number of fused-ring (bicyclic) bond motifs is 1. The first-order valence-electron chi connectivity index (χ1n) is 9.97. The number of para-hydroxylation sites is 1. The highest BCUT2D eigenvalue weighted by Gasteiger charge is 2.31. The van der Waals surface area contributed by atoms with Crippen molar-refractivity contribution in [2.75, 3.05) is 25.7 Å². The van der Waals surface area contributed by atoms with Gasteiger partial charge in [0.2, 0.25) is 5.91 Å². The predicted molar refractivity (Wildman–Crippen MR) is 122 cm³/mol. The molecule has 0 saturated carbocycles. The van der Waals surface area contributed by atoms with E-state index in [4.69, 9.17) is 9.47 Å².